The van der Waals surface area contributed by atoms with Crippen LogP contribution >= 0.6 is 0 Å². The number of aromatic nitrogens is 1. The van der Waals surface area contributed by atoms with Crippen LogP contribution in [0.25, 0.3) is 0 Å². The largest absolute Gasteiger partial charge is 0.399 e. The lowest BCUT2D eigenvalue weighted by atomic mass is 9.87. The Balaban J connectivity index is 1.99. The standard InChI is InChI=1S/C16H15N5O2/c17-9-11-6-7-19-16(15(11)21(22)23)20-14-3-1-2-10-8-12(18)4-5-13(10)14/h4-8,14H,1-3,18H2,(H,19,20). The van der Waals surface area contributed by atoms with Gasteiger partial charge in [-0.25, -0.2) is 4.98 Å². The second-order valence-corrected chi connectivity index (χ2v) is 5.47. The van der Waals surface area contributed by atoms with Crippen LogP contribution in [0.3, 0.4) is 0 Å². The lowest BCUT2D eigenvalue weighted by Gasteiger charge is -2.27. The molecule has 0 saturated carbocycles. The Bertz CT molecular complexity index is 813. The van der Waals surface area contributed by atoms with Gasteiger partial charge in [-0.1, -0.05) is 6.07 Å². The van der Waals surface area contributed by atoms with E-state index >= 15 is 0 Å². The van der Waals surface area contributed by atoms with E-state index in [9.17, 15) is 10.1 Å². The highest BCUT2D eigenvalue weighted by Gasteiger charge is 2.26. The van der Waals surface area contributed by atoms with Crippen LogP contribution in [0.2, 0.25) is 0 Å². The summed E-state index contributed by atoms with van der Waals surface area (Å²) < 4.78 is 0. The summed E-state index contributed by atoms with van der Waals surface area (Å²) >= 11 is 0. The van der Waals surface area contributed by atoms with Crippen LogP contribution in [0.15, 0.2) is 30.5 Å². The van der Waals surface area contributed by atoms with Gasteiger partial charge >= 0.3 is 5.69 Å². The van der Waals surface area contributed by atoms with Crippen molar-refractivity contribution in [1.82, 2.24) is 4.98 Å². The van der Waals surface area contributed by atoms with E-state index in [2.05, 4.69) is 10.3 Å². The van der Waals surface area contributed by atoms with Crippen molar-refractivity contribution in [2.24, 2.45) is 0 Å². The number of nitriles is 1. The summed E-state index contributed by atoms with van der Waals surface area (Å²) in [7, 11) is 0. The molecule has 7 nitrogen and oxygen atoms in total. The molecule has 1 aliphatic rings. The summed E-state index contributed by atoms with van der Waals surface area (Å²) in [5.74, 6) is 0.128. The molecule has 0 aliphatic heterocycles. The molecule has 0 spiro atoms. The minimum Gasteiger partial charge on any atom is -0.399 e. The van der Waals surface area contributed by atoms with Gasteiger partial charge in [-0.2, -0.15) is 5.26 Å². The highest BCUT2D eigenvalue weighted by molar-refractivity contribution is 5.65. The van der Waals surface area contributed by atoms with E-state index in [0.29, 0.717) is 5.69 Å². The second-order valence-electron chi connectivity index (χ2n) is 5.47. The van der Waals surface area contributed by atoms with Crippen LogP contribution in [-0.2, 0) is 6.42 Å². The molecule has 3 N–H and O–H groups in total. The molecule has 0 amide bonds. The Morgan fingerprint density at radius 3 is 3.00 bits per heavy atom. The number of nitrogens with zero attached hydrogens (tertiary/aromatic N) is 3. The smallest absolute Gasteiger partial charge is 0.328 e. The van der Waals surface area contributed by atoms with Crippen molar-refractivity contribution in [3.05, 3.63) is 57.3 Å². The summed E-state index contributed by atoms with van der Waals surface area (Å²) in [6.45, 7) is 0. The van der Waals surface area contributed by atoms with Gasteiger partial charge in [-0.05, 0) is 48.6 Å². The molecule has 0 radical (unpaired) electrons. The Hall–Kier alpha value is -3.14. The van der Waals surface area contributed by atoms with Crippen LogP contribution in [0.4, 0.5) is 17.2 Å². The van der Waals surface area contributed by atoms with Gasteiger partial charge in [0.05, 0.1) is 11.0 Å². The monoisotopic (exact) mass is 309 g/mol. The fourth-order valence-electron chi connectivity index (χ4n) is 2.98. The quantitative estimate of drug-likeness (QED) is 0.511. The molecule has 1 aliphatic carbocycles. The third-order valence-electron chi connectivity index (χ3n) is 4.02. The number of pyridine rings is 1. The number of nitrogen functional groups attached to an aromatic ring is 1. The Morgan fingerprint density at radius 1 is 1.43 bits per heavy atom. The van der Waals surface area contributed by atoms with E-state index in [1.54, 1.807) is 0 Å². The van der Waals surface area contributed by atoms with E-state index in [1.165, 1.54) is 12.3 Å². The van der Waals surface area contributed by atoms with Crippen molar-refractivity contribution in [3.8, 4) is 6.07 Å². The van der Waals surface area contributed by atoms with Crippen molar-refractivity contribution in [3.63, 3.8) is 0 Å². The summed E-state index contributed by atoms with van der Waals surface area (Å²) in [6.07, 6.45) is 4.14. The number of nitro groups is 1. The Kier molecular flexibility index (Phi) is 3.81. The molecular formula is C16H15N5O2. The highest BCUT2D eigenvalue weighted by Crippen LogP contribution is 2.36. The molecule has 7 heteroatoms. The molecule has 1 aromatic carbocycles. The lowest BCUT2D eigenvalue weighted by Crippen LogP contribution is -2.19. The fourth-order valence-corrected chi connectivity index (χ4v) is 2.98. The molecule has 1 aromatic heterocycles. The molecule has 0 saturated heterocycles. The number of hydrogen-bond acceptors (Lipinski definition) is 6. The molecule has 1 unspecified atom stereocenters. The summed E-state index contributed by atoms with van der Waals surface area (Å²) in [4.78, 5) is 14.8. The first-order valence-corrected chi connectivity index (χ1v) is 7.28. The zero-order valence-corrected chi connectivity index (χ0v) is 12.3. The molecule has 1 atom stereocenters. The van der Waals surface area contributed by atoms with Crippen LogP contribution in [0.5, 0.6) is 0 Å². The molecule has 1 heterocycles. The number of anilines is 2. The first-order valence-electron chi connectivity index (χ1n) is 7.28. The van der Waals surface area contributed by atoms with Crippen molar-refractivity contribution in [1.29, 1.82) is 5.26 Å². The van der Waals surface area contributed by atoms with Gasteiger partial charge in [0, 0.05) is 11.9 Å². The zero-order chi connectivity index (χ0) is 16.4. The van der Waals surface area contributed by atoms with Gasteiger partial charge in [-0.3, -0.25) is 10.1 Å². The second kappa shape index (κ2) is 5.93. The lowest BCUT2D eigenvalue weighted by molar-refractivity contribution is -0.384. The Morgan fingerprint density at radius 2 is 2.26 bits per heavy atom. The van der Waals surface area contributed by atoms with Gasteiger partial charge < -0.3 is 11.1 Å². The molecule has 23 heavy (non-hydrogen) atoms. The first-order chi connectivity index (χ1) is 11.1. The van der Waals surface area contributed by atoms with E-state index in [1.807, 2.05) is 24.3 Å². The van der Waals surface area contributed by atoms with Crippen molar-refractivity contribution < 1.29 is 4.92 Å². The van der Waals surface area contributed by atoms with Crippen LogP contribution in [0, 0.1) is 21.4 Å². The number of nitrogens with two attached hydrogens (primary N) is 1. The van der Waals surface area contributed by atoms with Gasteiger partial charge in [0.1, 0.15) is 11.6 Å². The third-order valence-corrected chi connectivity index (χ3v) is 4.02. The average molecular weight is 309 g/mol. The fraction of sp³-hybridized carbons (Fsp3) is 0.250. The predicted octanol–water partition coefficient (Wildman–Crippen LogP) is 2.93. The van der Waals surface area contributed by atoms with Crippen molar-refractivity contribution >= 4 is 17.2 Å². The predicted molar refractivity (Wildman–Crippen MR) is 85.8 cm³/mol. The molecule has 0 bridgehead atoms. The SMILES string of the molecule is N#Cc1ccnc(NC2CCCc3cc(N)ccc32)c1[N+](=O)[O-]. The maximum atomic E-state index is 11.3. The number of fused-ring (bicyclic) bond motifs is 1. The van der Waals surface area contributed by atoms with Gasteiger partial charge in [0.15, 0.2) is 0 Å². The summed E-state index contributed by atoms with van der Waals surface area (Å²) in [6, 6.07) is 8.82. The first kappa shape index (κ1) is 14.8. The number of rotatable bonds is 3. The van der Waals surface area contributed by atoms with Gasteiger partial charge in [-0.15, -0.1) is 0 Å². The molecule has 116 valence electrons. The third kappa shape index (κ3) is 2.79. The number of benzene rings is 1. The van der Waals surface area contributed by atoms with E-state index < -0.39 is 4.92 Å². The maximum absolute atomic E-state index is 11.3. The van der Waals surface area contributed by atoms with Crippen molar-refractivity contribution in [2.75, 3.05) is 11.1 Å². The molecule has 0 fully saturated rings. The van der Waals surface area contributed by atoms with Crippen LogP contribution in [-0.4, -0.2) is 9.91 Å². The zero-order valence-electron chi connectivity index (χ0n) is 12.3. The van der Waals surface area contributed by atoms with E-state index in [0.717, 1.165) is 30.4 Å². The minimum atomic E-state index is -0.569. The summed E-state index contributed by atoms with van der Waals surface area (Å²) in [5, 5.41) is 23.5. The van der Waals surface area contributed by atoms with Crippen LogP contribution in [0.1, 0.15) is 35.6 Å². The van der Waals surface area contributed by atoms with Crippen LogP contribution < -0.4 is 11.1 Å². The summed E-state index contributed by atoms with van der Waals surface area (Å²) in [5.41, 5.74) is 8.47. The molecular weight excluding hydrogens is 294 g/mol. The Labute approximate surface area is 132 Å². The normalized spacial score (nSPS) is 16.2. The van der Waals surface area contributed by atoms with E-state index in [4.69, 9.17) is 11.0 Å². The van der Waals surface area contributed by atoms with E-state index in [-0.39, 0.29) is 23.1 Å². The number of nitrogens with one attached hydrogen (secondary N) is 1. The average Bonchev–Trinajstić information content (AvgIpc) is 2.54. The van der Waals surface area contributed by atoms with Crippen molar-refractivity contribution in [2.45, 2.75) is 25.3 Å². The highest BCUT2D eigenvalue weighted by atomic mass is 16.6. The van der Waals surface area contributed by atoms with Gasteiger partial charge in [0.25, 0.3) is 0 Å². The molecule has 3 rings (SSSR count). The minimum absolute atomic E-state index is 0.000777. The number of hydrogen-bond donors (Lipinski definition) is 2. The van der Waals surface area contributed by atoms with Gasteiger partial charge in [0.2, 0.25) is 5.82 Å². The number of aryl methyl sites for hydroxylation is 1. The molecule has 2 aromatic rings. The topological polar surface area (TPSA) is 118 Å². The maximum Gasteiger partial charge on any atom is 0.328 e.